The summed E-state index contributed by atoms with van der Waals surface area (Å²) in [6, 6.07) is 0. The summed E-state index contributed by atoms with van der Waals surface area (Å²) in [5, 5.41) is 3.42. The van der Waals surface area contributed by atoms with Gasteiger partial charge in [0.05, 0.1) is 0 Å². The van der Waals surface area contributed by atoms with Crippen LogP contribution in [0.4, 0.5) is 0 Å². The molecule has 0 aromatic heterocycles. The van der Waals surface area contributed by atoms with Gasteiger partial charge in [-0.15, -0.1) is 0 Å². The van der Waals surface area contributed by atoms with Crippen molar-refractivity contribution in [2.75, 3.05) is 32.7 Å². The van der Waals surface area contributed by atoms with Gasteiger partial charge in [0.15, 0.2) is 0 Å². The quantitative estimate of drug-likeness (QED) is 0.672. The molecule has 2 nitrogen and oxygen atoms in total. The van der Waals surface area contributed by atoms with Crippen molar-refractivity contribution in [1.29, 1.82) is 0 Å². The van der Waals surface area contributed by atoms with Crippen LogP contribution < -0.4 is 5.32 Å². The van der Waals surface area contributed by atoms with Crippen molar-refractivity contribution < 1.29 is 0 Å². The summed E-state index contributed by atoms with van der Waals surface area (Å²) in [6.07, 6.45) is 6.97. The first-order chi connectivity index (χ1) is 7.64. The molecule has 0 spiro atoms. The molecule has 1 N–H and O–H groups in total. The molecule has 1 saturated heterocycles. The van der Waals surface area contributed by atoms with Crippen molar-refractivity contribution >= 4 is 0 Å². The first kappa shape index (κ1) is 14.0. The van der Waals surface area contributed by atoms with Crippen molar-refractivity contribution in [1.82, 2.24) is 10.2 Å². The Hall–Kier alpha value is -0.0800. The molecule has 0 radical (unpaired) electrons. The predicted molar refractivity (Wildman–Crippen MR) is 71.8 cm³/mol. The molecule has 1 heterocycles. The Kier molecular flexibility index (Phi) is 6.37. The highest BCUT2D eigenvalue weighted by Gasteiger charge is 2.22. The Bertz CT molecular complexity index is 172. The zero-order valence-electron chi connectivity index (χ0n) is 11.5. The molecule has 0 saturated carbocycles. The topological polar surface area (TPSA) is 15.3 Å². The van der Waals surface area contributed by atoms with E-state index in [-0.39, 0.29) is 0 Å². The van der Waals surface area contributed by atoms with Crippen LogP contribution in [0.15, 0.2) is 0 Å². The third-order valence-electron chi connectivity index (χ3n) is 3.57. The standard InChI is InChI=1S/C14H30N2/c1-4-5-6-7-8-14(2,3)13-16-11-9-15-10-12-16/h15H,4-13H2,1-3H3. The highest BCUT2D eigenvalue weighted by atomic mass is 15.2. The minimum absolute atomic E-state index is 0.505. The lowest BCUT2D eigenvalue weighted by Crippen LogP contribution is -2.46. The maximum atomic E-state index is 3.42. The van der Waals surface area contributed by atoms with Crippen molar-refractivity contribution in [2.45, 2.75) is 52.9 Å². The first-order valence-electron chi connectivity index (χ1n) is 7.07. The second kappa shape index (κ2) is 7.29. The van der Waals surface area contributed by atoms with Gasteiger partial charge in [0.1, 0.15) is 0 Å². The van der Waals surface area contributed by atoms with E-state index in [0.29, 0.717) is 5.41 Å². The summed E-state index contributed by atoms with van der Waals surface area (Å²) in [7, 11) is 0. The molecule has 1 aliphatic rings. The molecular weight excluding hydrogens is 196 g/mol. The summed E-state index contributed by atoms with van der Waals surface area (Å²) in [5.41, 5.74) is 0.505. The maximum Gasteiger partial charge on any atom is 0.0108 e. The van der Waals surface area contributed by atoms with Gasteiger partial charge in [0.25, 0.3) is 0 Å². The molecule has 0 aliphatic carbocycles. The van der Waals surface area contributed by atoms with Gasteiger partial charge in [-0.2, -0.15) is 0 Å². The second-order valence-corrected chi connectivity index (χ2v) is 6.00. The van der Waals surface area contributed by atoms with Crippen LogP contribution in [0.1, 0.15) is 52.9 Å². The Morgan fingerprint density at radius 1 is 1.06 bits per heavy atom. The van der Waals surface area contributed by atoms with E-state index in [1.165, 1.54) is 64.8 Å². The lowest BCUT2D eigenvalue weighted by Gasteiger charge is -2.35. The summed E-state index contributed by atoms with van der Waals surface area (Å²) < 4.78 is 0. The summed E-state index contributed by atoms with van der Waals surface area (Å²) >= 11 is 0. The average Bonchev–Trinajstić information content (AvgIpc) is 2.25. The normalized spacial score (nSPS) is 18.9. The first-order valence-corrected chi connectivity index (χ1v) is 7.07. The average molecular weight is 226 g/mol. The number of piperazine rings is 1. The van der Waals surface area contributed by atoms with Crippen LogP contribution in [0.2, 0.25) is 0 Å². The fourth-order valence-corrected chi connectivity index (χ4v) is 2.58. The Balaban J connectivity index is 2.16. The monoisotopic (exact) mass is 226 g/mol. The van der Waals surface area contributed by atoms with Gasteiger partial charge < -0.3 is 10.2 Å². The van der Waals surface area contributed by atoms with Crippen LogP contribution in [-0.2, 0) is 0 Å². The Morgan fingerprint density at radius 2 is 1.75 bits per heavy atom. The molecule has 96 valence electrons. The maximum absolute atomic E-state index is 3.42. The van der Waals surface area contributed by atoms with Gasteiger partial charge in [-0.3, -0.25) is 0 Å². The van der Waals surface area contributed by atoms with E-state index < -0.39 is 0 Å². The Morgan fingerprint density at radius 3 is 2.38 bits per heavy atom. The van der Waals surface area contributed by atoms with Gasteiger partial charge >= 0.3 is 0 Å². The fraction of sp³-hybridized carbons (Fsp3) is 1.00. The van der Waals surface area contributed by atoms with E-state index in [1.54, 1.807) is 0 Å². The molecular formula is C14H30N2. The summed E-state index contributed by atoms with van der Waals surface area (Å²) in [4.78, 5) is 2.62. The number of rotatable bonds is 7. The van der Waals surface area contributed by atoms with Gasteiger partial charge in [0.2, 0.25) is 0 Å². The molecule has 0 atom stereocenters. The molecule has 0 amide bonds. The van der Waals surface area contributed by atoms with Crippen molar-refractivity contribution in [3.8, 4) is 0 Å². The Labute approximate surface area is 102 Å². The van der Waals surface area contributed by atoms with Crippen LogP contribution in [-0.4, -0.2) is 37.6 Å². The molecule has 0 bridgehead atoms. The molecule has 0 aromatic carbocycles. The number of hydrogen-bond donors (Lipinski definition) is 1. The van der Waals surface area contributed by atoms with E-state index in [4.69, 9.17) is 0 Å². The second-order valence-electron chi connectivity index (χ2n) is 6.00. The van der Waals surface area contributed by atoms with Gasteiger partial charge in [-0.1, -0.05) is 46.5 Å². The molecule has 1 aliphatic heterocycles. The van der Waals surface area contributed by atoms with Crippen LogP contribution in [0, 0.1) is 5.41 Å². The number of nitrogens with zero attached hydrogens (tertiary/aromatic N) is 1. The zero-order valence-corrected chi connectivity index (χ0v) is 11.5. The van der Waals surface area contributed by atoms with Gasteiger partial charge in [-0.05, 0) is 11.8 Å². The highest BCUT2D eigenvalue weighted by Crippen LogP contribution is 2.25. The third kappa shape index (κ3) is 5.86. The molecule has 1 fully saturated rings. The summed E-state index contributed by atoms with van der Waals surface area (Å²) in [6.45, 7) is 13.2. The van der Waals surface area contributed by atoms with Crippen molar-refractivity contribution in [2.24, 2.45) is 5.41 Å². The van der Waals surface area contributed by atoms with E-state index >= 15 is 0 Å². The van der Waals surface area contributed by atoms with Gasteiger partial charge in [0, 0.05) is 32.7 Å². The fourth-order valence-electron chi connectivity index (χ4n) is 2.58. The highest BCUT2D eigenvalue weighted by molar-refractivity contribution is 4.77. The lowest BCUT2D eigenvalue weighted by molar-refractivity contribution is 0.150. The smallest absolute Gasteiger partial charge is 0.0108 e. The van der Waals surface area contributed by atoms with E-state index in [1.807, 2.05) is 0 Å². The minimum atomic E-state index is 0.505. The van der Waals surface area contributed by atoms with Gasteiger partial charge in [-0.25, -0.2) is 0 Å². The minimum Gasteiger partial charge on any atom is -0.314 e. The van der Waals surface area contributed by atoms with Crippen LogP contribution in [0.5, 0.6) is 0 Å². The molecule has 16 heavy (non-hydrogen) atoms. The SMILES string of the molecule is CCCCCCC(C)(C)CN1CCNCC1. The molecule has 0 aromatic rings. The van der Waals surface area contributed by atoms with Crippen LogP contribution in [0.3, 0.4) is 0 Å². The van der Waals surface area contributed by atoms with E-state index in [0.717, 1.165) is 0 Å². The molecule has 2 heteroatoms. The molecule has 1 rings (SSSR count). The number of unbranched alkanes of at least 4 members (excludes halogenated alkanes) is 3. The van der Waals surface area contributed by atoms with Crippen molar-refractivity contribution in [3.63, 3.8) is 0 Å². The number of hydrogen-bond acceptors (Lipinski definition) is 2. The van der Waals surface area contributed by atoms with Crippen LogP contribution in [0.25, 0.3) is 0 Å². The van der Waals surface area contributed by atoms with Crippen LogP contribution >= 0.6 is 0 Å². The van der Waals surface area contributed by atoms with E-state index in [9.17, 15) is 0 Å². The third-order valence-corrected chi connectivity index (χ3v) is 3.57. The summed E-state index contributed by atoms with van der Waals surface area (Å²) in [5.74, 6) is 0. The molecule has 0 unspecified atom stereocenters. The van der Waals surface area contributed by atoms with E-state index in [2.05, 4.69) is 31.0 Å². The van der Waals surface area contributed by atoms with Crippen molar-refractivity contribution in [3.05, 3.63) is 0 Å². The lowest BCUT2D eigenvalue weighted by atomic mass is 9.86. The number of nitrogens with one attached hydrogen (secondary N) is 1. The zero-order chi connectivity index (χ0) is 11.9. The predicted octanol–water partition coefficient (Wildman–Crippen LogP) is 2.89. The largest absolute Gasteiger partial charge is 0.314 e.